The fourth-order valence-electron chi connectivity index (χ4n) is 2.26. The van der Waals surface area contributed by atoms with E-state index < -0.39 is 48.6 Å². The Bertz CT molecular complexity index is 440. The van der Waals surface area contributed by atoms with Crippen LogP contribution in [0, 0.1) is 0 Å². The largest absolute Gasteiger partial charge is 0.456 e. The van der Waals surface area contributed by atoms with Crippen LogP contribution in [-0.4, -0.2) is 60.6 Å². The van der Waals surface area contributed by atoms with E-state index in [0.717, 1.165) is 0 Å². The SMILES string of the molecule is CC(=O)O[C@H]1[C@H](OC(C)=O)[C@@H](OCCBr)O[C@@H](C)[C@H]1OC(C)=O. The summed E-state index contributed by atoms with van der Waals surface area (Å²) in [5, 5.41) is 0.541. The summed E-state index contributed by atoms with van der Waals surface area (Å²) in [6.45, 7) is 5.60. The van der Waals surface area contributed by atoms with Crippen LogP contribution in [0.15, 0.2) is 0 Å². The van der Waals surface area contributed by atoms with Gasteiger partial charge in [-0.05, 0) is 6.92 Å². The normalized spacial score (nSPS) is 30.4. The predicted octanol–water partition coefficient (Wildman–Crippen LogP) is 0.938. The third kappa shape index (κ3) is 6.08. The van der Waals surface area contributed by atoms with Crippen molar-refractivity contribution in [3.8, 4) is 0 Å². The van der Waals surface area contributed by atoms with E-state index in [-0.39, 0.29) is 0 Å². The maximum Gasteiger partial charge on any atom is 0.303 e. The van der Waals surface area contributed by atoms with Gasteiger partial charge in [-0.1, -0.05) is 15.9 Å². The highest BCUT2D eigenvalue weighted by Gasteiger charge is 2.50. The topological polar surface area (TPSA) is 97.4 Å². The molecule has 1 rings (SSSR count). The molecular weight excluding hydrogens is 376 g/mol. The fraction of sp³-hybridized carbons (Fsp3) is 0.786. The third-order valence-corrected chi connectivity index (χ3v) is 3.32. The number of ether oxygens (including phenoxy) is 5. The average Bonchev–Trinajstić information content (AvgIpc) is 2.42. The molecule has 0 aromatic carbocycles. The van der Waals surface area contributed by atoms with E-state index in [9.17, 15) is 14.4 Å². The first-order valence-corrected chi connectivity index (χ1v) is 8.23. The van der Waals surface area contributed by atoms with Crippen molar-refractivity contribution >= 4 is 33.8 Å². The van der Waals surface area contributed by atoms with Gasteiger partial charge in [0.15, 0.2) is 24.6 Å². The number of halogens is 1. The Balaban J connectivity index is 3.08. The van der Waals surface area contributed by atoms with Crippen molar-refractivity contribution in [3.05, 3.63) is 0 Å². The second-order valence-electron chi connectivity index (χ2n) is 4.99. The van der Waals surface area contributed by atoms with Crippen molar-refractivity contribution in [3.63, 3.8) is 0 Å². The molecular formula is C14H21BrO8. The van der Waals surface area contributed by atoms with Crippen LogP contribution >= 0.6 is 15.9 Å². The highest BCUT2D eigenvalue weighted by Crippen LogP contribution is 2.29. The third-order valence-electron chi connectivity index (χ3n) is 2.99. The Morgan fingerprint density at radius 2 is 1.39 bits per heavy atom. The van der Waals surface area contributed by atoms with Crippen molar-refractivity contribution < 1.29 is 38.1 Å². The lowest BCUT2D eigenvalue weighted by Gasteiger charge is -2.43. The van der Waals surface area contributed by atoms with Crippen LogP contribution in [-0.2, 0) is 38.1 Å². The number of carbonyl (C=O) groups is 3. The Morgan fingerprint density at radius 1 is 0.913 bits per heavy atom. The van der Waals surface area contributed by atoms with E-state index in [0.29, 0.717) is 11.9 Å². The lowest BCUT2D eigenvalue weighted by atomic mass is 9.99. The van der Waals surface area contributed by atoms with Crippen molar-refractivity contribution in [1.82, 2.24) is 0 Å². The van der Waals surface area contributed by atoms with Crippen LogP contribution in [0.3, 0.4) is 0 Å². The van der Waals surface area contributed by atoms with E-state index in [1.807, 2.05) is 0 Å². The van der Waals surface area contributed by atoms with Gasteiger partial charge in [-0.15, -0.1) is 0 Å². The number of rotatable bonds is 6. The van der Waals surface area contributed by atoms with E-state index in [4.69, 9.17) is 23.7 Å². The standard InChI is InChI=1S/C14H21BrO8/c1-7-11(21-8(2)16)12(22-9(3)17)13(23-10(4)18)14(20-7)19-6-5-15/h7,11-14H,5-6H2,1-4H3/t7-,11+,12+,13-,14-/m0/s1. The van der Waals surface area contributed by atoms with Gasteiger partial charge in [-0.3, -0.25) is 14.4 Å². The minimum atomic E-state index is -1.05. The minimum Gasteiger partial charge on any atom is -0.456 e. The molecule has 0 aliphatic carbocycles. The molecule has 0 aromatic rings. The van der Waals surface area contributed by atoms with Crippen molar-refractivity contribution in [2.45, 2.75) is 58.4 Å². The Kier molecular flexibility index (Phi) is 7.93. The summed E-state index contributed by atoms with van der Waals surface area (Å²) in [7, 11) is 0. The van der Waals surface area contributed by atoms with Gasteiger partial charge in [-0.25, -0.2) is 0 Å². The molecule has 9 heteroatoms. The zero-order valence-electron chi connectivity index (χ0n) is 13.4. The van der Waals surface area contributed by atoms with Crippen molar-refractivity contribution in [2.75, 3.05) is 11.9 Å². The van der Waals surface area contributed by atoms with Crippen molar-refractivity contribution in [1.29, 1.82) is 0 Å². The lowest BCUT2D eigenvalue weighted by molar-refractivity contribution is -0.299. The van der Waals surface area contributed by atoms with Crippen LogP contribution in [0.1, 0.15) is 27.7 Å². The average molecular weight is 397 g/mol. The van der Waals surface area contributed by atoms with Gasteiger partial charge < -0.3 is 23.7 Å². The van der Waals surface area contributed by atoms with Gasteiger partial charge in [0.2, 0.25) is 0 Å². The zero-order chi connectivity index (χ0) is 17.6. The van der Waals surface area contributed by atoms with Gasteiger partial charge >= 0.3 is 17.9 Å². The van der Waals surface area contributed by atoms with Crippen LogP contribution in [0.4, 0.5) is 0 Å². The molecule has 0 unspecified atom stereocenters. The Labute approximate surface area is 142 Å². The first kappa shape index (κ1) is 19.9. The maximum absolute atomic E-state index is 11.4. The van der Waals surface area contributed by atoms with E-state index in [2.05, 4.69) is 15.9 Å². The van der Waals surface area contributed by atoms with Crippen LogP contribution in [0.2, 0.25) is 0 Å². The molecule has 0 radical (unpaired) electrons. The second-order valence-corrected chi connectivity index (χ2v) is 5.78. The Morgan fingerprint density at radius 3 is 1.87 bits per heavy atom. The van der Waals surface area contributed by atoms with Gasteiger partial charge in [-0.2, -0.15) is 0 Å². The molecule has 1 aliphatic rings. The first-order valence-electron chi connectivity index (χ1n) is 7.11. The molecule has 1 aliphatic heterocycles. The van der Waals surface area contributed by atoms with Crippen molar-refractivity contribution in [2.24, 2.45) is 0 Å². The summed E-state index contributed by atoms with van der Waals surface area (Å²) in [5.41, 5.74) is 0. The van der Waals surface area contributed by atoms with E-state index in [1.165, 1.54) is 20.8 Å². The summed E-state index contributed by atoms with van der Waals surface area (Å²) >= 11 is 3.22. The number of hydrogen-bond acceptors (Lipinski definition) is 8. The van der Waals surface area contributed by atoms with Gasteiger partial charge in [0.05, 0.1) is 12.7 Å². The molecule has 0 amide bonds. The molecule has 1 fully saturated rings. The molecule has 23 heavy (non-hydrogen) atoms. The maximum atomic E-state index is 11.4. The van der Waals surface area contributed by atoms with Crippen LogP contribution in [0.25, 0.3) is 0 Å². The summed E-state index contributed by atoms with van der Waals surface area (Å²) < 4.78 is 26.8. The number of alkyl halides is 1. The quantitative estimate of drug-likeness (QED) is 0.371. The van der Waals surface area contributed by atoms with Crippen LogP contribution in [0.5, 0.6) is 0 Å². The van der Waals surface area contributed by atoms with E-state index in [1.54, 1.807) is 6.92 Å². The summed E-state index contributed by atoms with van der Waals surface area (Å²) in [4.78, 5) is 34.1. The van der Waals surface area contributed by atoms with E-state index >= 15 is 0 Å². The van der Waals surface area contributed by atoms with Crippen LogP contribution < -0.4 is 0 Å². The monoisotopic (exact) mass is 396 g/mol. The smallest absolute Gasteiger partial charge is 0.303 e. The second kappa shape index (κ2) is 9.19. The predicted molar refractivity (Wildman–Crippen MR) is 80.7 cm³/mol. The zero-order valence-corrected chi connectivity index (χ0v) is 15.0. The highest BCUT2D eigenvalue weighted by molar-refractivity contribution is 9.09. The fourth-order valence-corrected chi connectivity index (χ4v) is 2.45. The minimum absolute atomic E-state index is 0.292. The number of carbonyl (C=O) groups excluding carboxylic acids is 3. The molecule has 0 spiro atoms. The molecule has 1 saturated heterocycles. The molecule has 5 atom stereocenters. The molecule has 8 nitrogen and oxygen atoms in total. The lowest BCUT2D eigenvalue weighted by Crippen LogP contribution is -2.61. The summed E-state index contributed by atoms with van der Waals surface area (Å²) in [5.74, 6) is -1.76. The highest BCUT2D eigenvalue weighted by atomic mass is 79.9. The molecule has 1 heterocycles. The Hall–Kier alpha value is -1.19. The number of esters is 3. The molecule has 0 saturated carbocycles. The summed E-state index contributed by atoms with van der Waals surface area (Å²) in [6, 6.07) is 0. The molecule has 0 aromatic heterocycles. The molecule has 0 bridgehead atoms. The number of hydrogen-bond donors (Lipinski definition) is 0. The van der Waals surface area contributed by atoms with Gasteiger partial charge in [0, 0.05) is 26.1 Å². The molecule has 132 valence electrons. The molecule has 0 N–H and O–H groups in total. The summed E-state index contributed by atoms with van der Waals surface area (Å²) in [6.07, 6.45) is -4.54. The first-order chi connectivity index (χ1) is 10.8. The van der Waals surface area contributed by atoms with Gasteiger partial charge in [0.1, 0.15) is 0 Å². The van der Waals surface area contributed by atoms with Gasteiger partial charge in [0.25, 0.3) is 0 Å².